The van der Waals surface area contributed by atoms with E-state index in [9.17, 15) is 9.59 Å². The minimum atomic E-state index is -0.495. The number of aromatic nitrogens is 2. The predicted molar refractivity (Wildman–Crippen MR) is 107 cm³/mol. The fraction of sp³-hybridized carbons (Fsp3) is 0.227. The number of hydrogen-bond donors (Lipinski definition) is 0. The van der Waals surface area contributed by atoms with Crippen LogP contribution in [0.3, 0.4) is 0 Å². The fourth-order valence-corrected chi connectivity index (χ4v) is 3.31. The van der Waals surface area contributed by atoms with Gasteiger partial charge in [0.15, 0.2) is 5.69 Å². The number of rotatable bonds is 4. The molecule has 0 radical (unpaired) electrons. The molecule has 0 fully saturated rings. The third-order valence-corrected chi connectivity index (χ3v) is 4.78. The van der Waals surface area contributed by atoms with E-state index in [0.717, 1.165) is 5.56 Å². The van der Waals surface area contributed by atoms with Gasteiger partial charge in [-0.3, -0.25) is 9.36 Å². The molecule has 1 aliphatic heterocycles. The van der Waals surface area contributed by atoms with Gasteiger partial charge in [0.05, 0.1) is 30.1 Å². The monoisotopic (exact) mass is 391 g/mol. The summed E-state index contributed by atoms with van der Waals surface area (Å²) in [4.78, 5) is 31.0. The zero-order valence-electron chi connectivity index (χ0n) is 16.5. The summed E-state index contributed by atoms with van der Waals surface area (Å²) >= 11 is 0. The van der Waals surface area contributed by atoms with Gasteiger partial charge < -0.3 is 14.4 Å². The van der Waals surface area contributed by atoms with Crippen LogP contribution in [0.4, 0.5) is 0 Å². The van der Waals surface area contributed by atoms with E-state index in [1.807, 2.05) is 31.2 Å². The van der Waals surface area contributed by atoms with Gasteiger partial charge >= 0.3 is 5.97 Å². The van der Waals surface area contributed by atoms with E-state index in [0.29, 0.717) is 28.4 Å². The molecule has 2 aromatic carbocycles. The van der Waals surface area contributed by atoms with E-state index >= 15 is 0 Å². The molecule has 0 spiro atoms. The van der Waals surface area contributed by atoms with Crippen LogP contribution >= 0.6 is 0 Å². The molecular weight excluding hydrogens is 370 g/mol. The molecule has 7 heteroatoms. The Hall–Kier alpha value is -3.61. The molecule has 0 saturated carbocycles. The van der Waals surface area contributed by atoms with Crippen molar-refractivity contribution in [2.45, 2.75) is 20.4 Å². The molecule has 3 aromatic rings. The summed E-state index contributed by atoms with van der Waals surface area (Å²) in [5, 5.41) is 0. The zero-order chi connectivity index (χ0) is 20.5. The molecule has 1 aliphatic rings. The Kier molecular flexibility index (Phi) is 4.80. The van der Waals surface area contributed by atoms with Crippen molar-refractivity contribution in [3.63, 3.8) is 0 Å². The average Bonchev–Trinajstić information content (AvgIpc) is 3.08. The summed E-state index contributed by atoms with van der Waals surface area (Å²) in [6.45, 7) is 4.26. The molecule has 7 nitrogen and oxygen atoms in total. The van der Waals surface area contributed by atoms with Crippen LogP contribution in [0.25, 0.3) is 5.69 Å². The van der Waals surface area contributed by atoms with Crippen molar-refractivity contribution in [3.8, 4) is 17.2 Å². The zero-order valence-corrected chi connectivity index (χ0v) is 16.5. The van der Waals surface area contributed by atoms with E-state index in [4.69, 9.17) is 9.47 Å². The van der Waals surface area contributed by atoms with Gasteiger partial charge in [0.25, 0.3) is 5.91 Å². The number of carbonyl (C=O) groups is 2. The van der Waals surface area contributed by atoms with Crippen molar-refractivity contribution in [2.75, 3.05) is 13.7 Å². The quantitative estimate of drug-likeness (QED) is 0.634. The molecule has 0 unspecified atom stereocenters. The van der Waals surface area contributed by atoms with E-state index in [1.54, 1.807) is 48.0 Å². The molecule has 1 aromatic heterocycles. The molecule has 2 heterocycles. The van der Waals surface area contributed by atoms with Crippen molar-refractivity contribution in [1.82, 2.24) is 14.5 Å². The average molecular weight is 391 g/mol. The molecule has 0 aliphatic carbocycles. The van der Waals surface area contributed by atoms with Crippen LogP contribution in [0, 0.1) is 6.92 Å². The van der Waals surface area contributed by atoms with Gasteiger partial charge in [0.1, 0.15) is 17.8 Å². The second-order valence-electron chi connectivity index (χ2n) is 6.89. The molecule has 0 saturated heterocycles. The first-order valence-corrected chi connectivity index (χ1v) is 9.35. The number of ether oxygens (including phenoxy) is 2. The van der Waals surface area contributed by atoms with E-state index in [2.05, 4.69) is 4.98 Å². The molecule has 0 N–H and O–H groups in total. The maximum absolute atomic E-state index is 13.0. The van der Waals surface area contributed by atoms with E-state index < -0.39 is 5.97 Å². The number of hydrogen-bond acceptors (Lipinski definition) is 5. The number of benzene rings is 2. The summed E-state index contributed by atoms with van der Waals surface area (Å²) in [5.74, 6) is 0.596. The molecule has 148 valence electrons. The third kappa shape index (κ3) is 3.47. The highest BCUT2D eigenvalue weighted by Crippen LogP contribution is 2.31. The van der Waals surface area contributed by atoms with Crippen molar-refractivity contribution in [1.29, 1.82) is 0 Å². The van der Waals surface area contributed by atoms with Gasteiger partial charge in [0, 0.05) is 7.05 Å². The van der Waals surface area contributed by atoms with Gasteiger partial charge in [-0.25, -0.2) is 9.78 Å². The molecule has 29 heavy (non-hydrogen) atoms. The van der Waals surface area contributed by atoms with E-state index in [1.165, 1.54) is 0 Å². The van der Waals surface area contributed by atoms with Crippen LogP contribution in [-0.4, -0.2) is 40.0 Å². The van der Waals surface area contributed by atoms with Crippen molar-refractivity contribution < 1.29 is 19.1 Å². The summed E-state index contributed by atoms with van der Waals surface area (Å²) in [6.07, 6.45) is 1.55. The van der Waals surface area contributed by atoms with Crippen molar-refractivity contribution >= 4 is 11.9 Å². The lowest BCUT2D eigenvalue weighted by Gasteiger charge is -2.15. The first-order valence-electron chi connectivity index (χ1n) is 9.35. The fourth-order valence-electron chi connectivity index (χ4n) is 3.31. The minimum Gasteiger partial charge on any atom is -0.461 e. The maximum atomic E-state index is 13.0. The largest absolute Gasteiger partial charge is 0.461 e. The number of imidazole rings is 1. The molecule has 1 amide bonds. The van der Waals surface area contributed by atoms with E-state index in [-0.39, 0.29) is 24.8 Å². The summed E-state index contributed by atoms with van der Waals surface area (Å²) in [7, 11) is 1.69. The van der Waals surface area contributed by atoms with Crippen LogP contribution in [0.1, 0.15) is 39.0 Å². The smallest absolute Gasteiger partial charge is 0.358 e. The van der Waals surface area contributed by atoms with Crippen LogP contribution in [0.15, 0.2) is 48.8 Å². The number of fused-ring (bicyclic) bond motifs is 3. The SMILES string of the molecule is CCOC(=O)c1ncn2c1CN(C)C(=O)c1cc(Oc3ccc(C)cc3)ccc1-2. The van der Waals surface area contributed by atoms with Crippen LogP contribution in [0.2, 0.25) is 0 Å². The highest BCUT2D eigenvalue weighted by Gasteiger charge is 2.29. The number of carbonyl (C=O) groups excluding carboxylic acids is 2. The van der Waals surface area contributed by atoms with Gasteiger partial charge in [-0.05, 0) is 44.2 Å². The molecule has 4 rings (SSSR count). The Morgan fingerprint density at radius 2 is 1.86 bits per heavy atom. The highest BCUT2D eigenvalue weighted by atomic mass is 16.5. The van der Waals surface area contributed by atoms with Gasteiger partial charge in [-0.15, -0.1) is 0 Å². The van der Waals surface area contributed by atoms with Gasteiger partial charge in [-0.1, -0.05) is 17.7 Å². The Morgan fingerprint density at radius 3 is 2.59 bits per heavy atom. The Balaban J connectivity index is 1.75. The Bertz CT molecular complexity index is 1090. The second-order valence-corrected chi connectivity index (χ2v) is 6.89. The third-order valence-electron chi connectivity index (χ3n) is 4.78. The standard InChI is InChI=1S/C22H21N3O4/c1-4-28-22(27)20-19-12-24(3)21(26)17-11-16(9-10-18(17)25(19)13-23-20)29-15-7-5-14(2)6-8-15/h5-11,13H,4,12H2,1-3H3. The minimum absolute atomic E-state index is 0.159. The molecule has 0 atom stereocenters. The Morgan fingerprint density at radius 1 is 1.14 bits per heavy atom. The summed E-state index contributed by atoms with van der Waals surface area (Å²) in [6, 6.07) is 13.0. The second kappa shape index (κ2) is 7.43. The predicted octanol–water partition coefficient (Wildman–Crippen LogP) is 3.74. The summed E-state index contributed by atoms with van der Waals surface area (Å²) < 4.78 is 12.8. The Labute approximate surface area is 168 Å². The van der Waals surface area contributed by atoms with Crippen molar-refractivity contribution in [2.24, 2.45) is 0 Å². The number of aryl methyl sites for hydroxylation is 1. The number of nitrogens with zero attached hydrogens (tertiary/aromatic N) is 3. The van der Waals surface area contributed by atoms with Crippen molar-refractivity contribution in [3.05, 3.63) is 71.3 Å². The van der Waals surface area contributed by atoms with Crippen LogP contribution < -0.4 is 4.74 Å². The van der Waals surface area contributed by atoms with Gasteiger partial charge in [-0.2, -0.15) is 0 Å². The lowest BCUT2D eigenvalue weighted by atomic mass is 10.1. The van der Waals surface area contributed by atoms with Crippen LogP contribution in [-0.2, 0) is 11.3 Å². The number of esters is 1. The lowest BCUT2D eigenvalue weighted by Crippen LogP contribution is -2.26. The first-order chi connectivity index (χ1) is 14.0. The first kappa shape index (κ1) is 18.7. The normalized spacial score (nSPS) is 12.8. The highest BCUT2D eigenvalue weighted by molar-refractivity contribution is 5.99. The molecular formula is C22H21N3O4. The maximum Gasteiger partial charge on any atom is 0.358 e. The number of amides is 1. The van der Waals surface area contributed by atoms with Crippen LogP contribution in [0.5, 0.6) is 11.5 Å². The summed E-state index contributed by atoms with van der Waals surface area (Å²) in [5.41, 5.74) is 3.10. The lowest BCUT2D eigenvalue weighted by molar-refractivity contribution is 0.0516. The topological polar surface area (TPSA) is 73.7 Å². The van der Waals surface area contributed by atoms with Gasteiger partial charge in [0.2, 0.25) is 0 Å². The molecule has 0 bridgehead atoms.